The van der Waals surface area contributed by atoms with Gasteiger partial charge in [-0.1, -0.05) is 89.7 Å². The summed E-state index contributed by atoms with van der Waals surface area (Å²) >= 11 is 0. The number of nitrogens with zero attached hydrogens (tertiary/aromatic N) is 1. The Kier molecular flexibility index (Phi) is 20.4. The van der Waals surface area contributed by atoms with Gasteiger partial charge in [-0.25, -0.2) is 9.59 Å². The molecule has 0 amide bonds. The maximum Gasteiger partial charge on any atom is 0.359 e. The fraction of sp³-hybridized carbons (Fsp3) is 0.815. The van der Waals surface area contributed by atoms with Crippen LogP contribution in [0, 0.1) is 0 Å². The third-order valence-electron chi connectivity index (χ3n) is 6.30. The van der Waals surface area contributed by atoms with E-state index in [0.29, 0.717) is 6.42 Å². The number of unbranched alkanes of at least 4 members (excludes halogenated alkanes) is 15. The second-order valence-corrected chi connectivity index (χ2v) is 9.70. The van der Waals surface area contributed by atoms with Crippen molar-refractivity contribution < 1.29 is 34.2 Å². The van der Waals surface area contributed by atoms with E-state index in [1.165, 1.54) is 64.2 Å². The molecule has 0 heterocycles. The van der Waals surface area contributed by atoms with E-state index in [-0.39, 0.29) is 6.54 Å². The van der Waals surface area contributed by atoms with Gasteiger partial charge in [0.05, 0.1) is 12.5 Å². The highest BCUT2D eigenvalue weighted by Gasteiger charge is 2.33. The predicted molar refractivity (Wildman–Crippen MR) is 133 cm³/mol. The molecule has 7 heteroatoms. The van der Waals surface area contributed by atoms with E-state index in [1.54, 1.807) is 0 Å². The maximum absolute atomic E-state index is 11.2. The van der Waals surface area contributed by atoms with Gasteiger partial charge in [-0.3, -0.25) is 0 Å². The number of carbonyl (C=O) groups excluding carboxylic acids is 1. The van der Waals surface area contributed by atoms with E-state index in [2.05, 4.69) is 19.1 Å². The Morgan fingerprint density at radius 2 is 1.00 bits per heavy atom. The SMILES string of the molecule is CCCCCCCCCCCC/C=C\CCCCCCC[N+](CC(=O)[O-])(CC(=O)O)CC(=O)O. The van der Waals surface area contributed by atoms with E-state index in [4.69, 9.17) is 10.2 Å². The Bertz CT molecular complexity index is 535. The lowest BCUT2D eigenvalue weighted by molar-refractivity contribution is -0.909. The molecule has 0 rings (SSSR count). The van der Waals surface area contributed by atoms with Gasteiger partial charge in [0.15, 0.2) is 13.1 Å². The quantitative estimate of drug-likeness (QED) is 0.108. The second-order valence-electron chi connectivity index (χ2n) is 9.70. The number of carboxylic acids is 3. The number of carbonyl (C=O) groups is 3. The van der Waals surface area contributed by atoms with Crippen molar-refractivity contribution in [1.82, 2.24) is 0 Å². The summed E-state index contributed by atoms with van der Waals surface area (Å²) in [5.41, 5.74) is 0. The normalized spacial score (nSPS) is 11.8. The number of aliphatic carboxylic acids is 3. The first kappa shape index (κ1) is 32.1. The average Bonchev–Trinajstić information content (AvgIpc) is 2.73. The molecule has 0 aromatic heterocycles. The van der Waals surface area contributed by atoms with Gasteiger partial charge >= 0.3 is 11.9 Å². The minimum Gasteiger partial charge on any atom is -0.544 e. The Morgan fingerprint density at radius 1 is 0.618 bits per heavy atom. The number of carboxylic acid groups (broad SMARTS) is 3. The van der Waals surface area contributed by atoms with Crippen molar-refractivity contribution in [3.8, 4) is 0 Å². The van der Waals surface area contributed by atoms with E-state index >= 15 is 0 Å². The van der Waals surface area contributed by atoms with E-state index in [1.807, 2.05) is 0 Å². The molecule has 0 radical (unpaired) electrons. The summed E-state index contributed by atoms with van der Waals surface area (Å²) in [6.45, 7) is 0.826. The number of rotatable bonds is 25. The average molecular weight is 484 g/mol. The molecule has 7 nitrogen and oxygen atoms in total. The van der Waals surface area contributed by atoms with Crippen LogP contribution < -0.4 is 5.11 Å². The molecule has 0 aliphatic heterocycles. The fourth-order valence-electron chi connectivity index (χ4n) is 4.48. The van der Waals surface area contributed by atoms with Gasteiger partial charge in [0.1, 0.15) is 6.54 Å². The zero-order valence-corrected chi connectivity index (χ0v) is 21.5. The smallest absolute Gasteiger partial charge is 0.359 e. The second kappa shape index (κ2) is 21.6. The van der Waals surface area contributed by atoms with Crippen molar-refractivity contribution in [3.05, 3.63) is 12.2 Å². The first-order valence-electron chi connectivity index (χ1n) is 13.4. The van der Waals surface area contributed by atoms with E-state index in [0.717, 1.165) is 38.5 Å². The molecule has 0 saturated carbocycles. The molecule has 198 valence electrons. The first-order valence-corrected chi connectivity index (χ1v) is 13.4. The lowest BCUT2D eigenvalue weighted by Crippen LogP contribution is -2.59. The monoisotopic (exact) mass is 483 g/mol. The van der Waals surface area contributed by atoms with Gasteiger partial charge in [0.2, 0.25) is 0 Å². The van der Waals surface area contributed by atoms with Crippen LogP contribution in [0.15, 0.2) is 12.2 Å². The topological polar surface area (TPSA) is 115 Å². The summed E-state index contributed by atoms with van der Waals surface area (Å²) in [6.07, 6.45) is 24.9. The molecule has 0 fully saturated rings. The molecule has 0 aromatic rings. The predicted octanol–water partition coefficient (Wildman–Crippen LogP) is 4.93. The van der Waals surface area contributed by atoms with Gasteiger partial charge in [0, 0.05) is 0 Å². The molecule has 0 unspecified atom stereocenters. The van der Waals surface area contributed by atoms with Crippen LogP contribution in [0.2, 0.25) is 0 Å². The van der Waals surface area contributed by atoms with Crippen LogP contribution in [-0.4, -0.2) is 58.8 Å². The summed E-state index contributed by atoms with van der Waals surface area (Å²) in [7, 11) is 0. The summed E-state index contributed by atoms with van der Waals surface area (Å²) in [5.74, 6) is -3.83. The summed E-state index contributed by atoms with van der Waals surface area (Å²) in [6, 6.07) is 0. The minimum atomic E-state index is -1.42. The fourth-order valence-corrected chi connectivity index (χ4v) is 4.48. The van der Waals surface area contributed by atoms with Gasteiger partial charge in [-0.15, -0.1) is 0 Å². The first-order chi connectivity index (χ1) is 16.3. The summed E-state index contributed by atoms with van der Waals surface area (Å²) < 4.78 is -0.505. The lowest BCUT2D eigenvalue weighted by Gasteiger charge is -2.36. The lowest BCUT2D eigenvalue weighted by atomic mass is 10.1. The molecule has 0 aliphatic carbocycles. The van der Waals surface area contributed by atoms with Crippen LogP contribution in [-0.2, 0) is 14.4 Å². The largest absolute Gasteiger partial charge is 0.544 e. The van der Waals surface area contributed by atoms with Gasteiger partial charge in [0.25, 0.3) is 0 Å². The molecular weight excluding hydrogens is 434 g/mol. The van der Waals surface area contributed by atoms with Crippen molar-refractivity contribution >= 4 is 17.9 Å². The maximum atomic E-state index is 11.2. The molecule has 0 saturated heterocycles. The zero-order chi connectivity index (χ0) is 25.5. The summed E-state index contributed by atoms with van der Waals surface area (Å²) in [5, 5.41) is 29.3. The van der Waals surface area contributed by atoms with Crippen LogP contribution in [0.25, 0.3) is 0 Å². The highest BCUT2D eigenvalue weighted by Crippen LogP contribution is 2.14. The third-order valence-corrected chi connectivity index (χ3v) is 6.30. The minimum absolute atomic E-state index is 0.214. The molecule has 0 bridgehead atoms. The van der Waals surface area contributed by atoms with Crippen molar-refractivity contribution in [2.45, 2.75) is 116 Å². The number of hydrogen-bond acceptors (Lipinski definition) is 4. The zero-order valence-electron chi connectivity index (χ0n) is 21.5. The van der Waals surface area contributed by atoms with Crippen molar-refractivity contribution in [2.24, 2.45) is 0 Å². The van der Waals surface area contributed by atoms with Crippen LogP contribution >= 0.6 is 0 Å². The van der Waals surface area contributed by atoms with E-state index < -0.39 is 42.0 Å². The molecule has 34 heavy (non-hydrogen) atoms. The van der Waals surface area contributed by atoms with Crippen LogP contribution in [0.3, 0.4) is 0 Å². The highest BCUT2D eigenvalue weighted by molar-refractivity contribution is 5.72. The van der Waals surface area contributed by atoms with Gasteiger partial charge in [-0.05, 0) is 38.5 Å². The van der Waals surface area contributed by atoms with Crippen LogP contribution in [0.4, 0.5) is 0 Å². The number of allylic oxidation sites excluding steroid dienone is 2. The van der Waals surface area contributed by atoms with Crippen molar-refractivity contribution in [1.29, 1.82) is 0 Å². The van der Waals surface area contributed by atoms with Crippen LogP contribution in [0.1, 0.15) is 116 Å². The third kappa shape index (κ3) is 20.7. The molecule has 0 atom stereocenters. The Labute approximate surface area is 206 Å². The number of hydrogen-bond donors (Lipinski definition) is 2. The molecular formula is C27H49NO6. The Hall–Kier alpha value is -1.89. The molecule has 0 aliphatic rings. The highest BCUT2D eigenvalue weighted by atomic mass is 16.4. The molecule has 0 aromatic carbocycles. The van der Waals surface area contributed by atoms with Crippen LogP contribution in [0.5, 0.6) is 0 Å². The standard InChI is InChI=1S/C27H49NO6/c1-2-3-4-5-6-7-8-9-10-11-12-13-14-15-16-17-18-19-20-21-28(22-25(29)30,23-26(31)32)24-27(33)34/h13-14H,2-12,15-24H2,1H3,(H2-,29,30,31,32,33,34)/b14-13-. The van der Waals surface area contributed by atoms with Gasteiger partial charge < -0.3 is 24.6 Å². The molecule has 0 spiro atoms. The van der Waals surface area contributed by atoms with Crippen molar-refractivity contribution in [3.63, 3.8) is 0 Å². The number of quaternary nitrogens is 1. The van der Waals surface area contributed by atoms with Gasteiger partial charge in [-0.2, -0.15) is 0 Å². The van der Waals surface area contributed by atoms with E-state index in [9.17, 15) is 19.5 Å². The summed E-state index contributed by atoms with van der Waals surface area (Å²) in [4.78, 5) is 33.4. The Morgan fingerprint density at radius 3 is 1.38 bits per heavy atom. The Balaban J connectivity index is 3.79. The van der Waals surface area contributed by atoms with Crippen molar-refractivity contribution in [2.75, 3.05) is 26.2 Å². The molecule has 2 N–H and O–H groups in total.